The summed E-state index contributed by atoms with van der Waals surface area (Å²) >= 11 is 0. The Balaban J connectivity index is 3.15. The number of pyridine rings is 1. The van der Waals surface area contributed by atoms with Crippen LogP contribution in [0.3, 0.4) is 0 Å². The fourth-order valence-corrected chi connectivity index (χ4v) is 0.933. The maximum atomic E-state index is 12.2. The minimum absolute atomic E-state index is 0.00678. The predicted molar refractivity (Wildman–Crippen MR) is 44.5 cm³/mol. The smallest absolute Gasteiger partial charge is 0.384 e. The van der Waals surface area contributed by atoms with E-state index in [9.17, 15) is 18.3 Å². The molecule has 5 heteroatoms. The van der Waals surface area contributed by atoms with E-state index in [1.807, 2.05) is 0 Å². The molecular formula is C9H10F3NO. The summed E-state index contributed by atoms with van der Waals surface area (Å²) in [5.41, 5.74) is -2.34. The quantitative estimate of drug-likeness (QED) is 0.763. The summed E-state index contributed by atoms with van der Waals surface area (Å²) in [7, 11) is 0. The molecule has 2 nitrogen and oxygen atoms in total. The number of hydrogen-bond acceptors (Lipinski definition) is 2. The molecule has 0 saturated heterocycles. The molecule has 0 unspecified atom stereocenters. The van der Waals surface area contributed by atoms with Crippen molar-refractivity contribution in [2.24, 2.45) is 0 Å². The lowest BCUT2D eigenvalue weighted by molar-refractivity contribution is -0.141. The van der Waals surface area contributed by atoms with E-state index in [4.69, 9.17) is 0 Å². The number of halogens is 3. The summed E-state index contributed by atoms with van der Waals surface area (Å²) in [6, 6.07) is 3.45. The van der Waals surface area contributed by atoms with Crippen molar-refractivity contribution in [1.29, 1.82) is 0 Å². The van der Waals surface area contributed by atoms with E-state index >= 15 is 0 Å². The highest BCUT2D eigenvalue weighted by molar-refractivity contribution is 5.17. The number of hydrogen-bond donors (Lipinski definition) is 1. The molecule has 1 aromatic rings. The molecule has 0 radical (unpaired) electrons. The minimum Gasteiger partial charge on any atom is -0.384 e. The van der Waals surface area contributed by atoms with E-state index in [1.54, 1.807) is 0 Å². The van der Waals surface area contributed by atoms with Gasteiger partial charge in [0.15, 0.2) is 0 Å². The van der Waals surface area contributed by atoms with Gasteiger partial charge >= 0.3 is 6.18 Å². The molecular weight excluding hydrogens is 195 g/mol. The number of alkyl halides is 3. The first-order chi connectivity index (χ1) is 6.21. The highest BCUT2D eigenvalue weighted by Gasteiger charge is 2.33. The molecule has 0 spiro atoms. The summed E-state index contributed by atoms with van der Waals surface area (Å²) in [6.45, 7) is 2.77. The SMILES string of the molecule is CC(C)(O)c1cccc(C(F)(F)F)n1. The van der Waals surface area contributed by atoms with E-state index in [1.165, 1.54) is 26.0 Å². The molecule has 0 aromatic carbocycles. The third-order valence-electron chi connectivity index (χ3n) is 1.67. The first-order valence-electron chi connectivity index (χ1n) is 3.98. The van der Waals surface area contributed by atoms with Gasteiger partial charge in [-0.3, -0.25) is 0 Å². The lowest BCUT2D eigenvalue weighted by Gasteiger charge is -2.17. The number of aliphatic hydroxyl groups is 1. The highest BCUT2D eigenvalue weighted by atomic mass is 19.4. The Labute approximate surface area is 79.4 Å². The molecule has 1 rings (SSSR count). The maximum Gasteiger partial charge on any atom is 0.433 e. The summed E-state index contributed by atoms with van der Waals surface area (Å²) in [5, 5.41) is 9.45. The van der Waals surface area contributed by atoms with Crippen LogP contribution in [0, 0.1) is 0 Å². The normalized spacial score (nSPS) is 13.0. The van der Waals surface area contributed by atoms with Crippen LogP contribution in [0.25, 0.3) is 0 Å². The van der Waals surface area contributed by atoms with Crippen LogP contribution in [0.4, 0.5) is 13.2 Å². The molecule has 0 aliphatic rings. The molecule has 0 saturated carbocycles. The van der Waals surface area contributed by atoms with Crippen LogP contribution in [0.5, 0.6) is 0 Å². The van der Waals surface area contributed by atoms with Crippen molar-refractivity contribution in [3.8, 4) is 0 Å². The van der Waals surface area contributed by atoms with E-state index in [0.717, 1.165) is 6.07 Å². The third-order valence-corrected chi connectivity index (χ3v) is 1.67. The van der Waals surface area contributed by atoms with Gasteiger partial charge < -0.3 is 5.11 Å². The van der Waals surface area contributed by atoms with Crippen molar-refractivity contribution in [2.45, 2.75) is 25.6 Å². The molecule has 14 heavy (non-hydrogen) atoms. The second kappa shape index (κ2) is 3.24. The van der Waals surface area contributed by atoms with Crippen LogP contribution in [-0.2, 0) is 11.8 Å². The Bertz CT molecular complexity index is 298. The zero-order chi connectivity index (χ0) is 11.0. The molecule has 0 fully saturated rings. The standard InChI is InChI=1S/C9H10F3NO/c1-8(2,14)6-4-3-5-7(13-6)9(10,11)12/h3-5,14H,1-2H3. The lowest BCUT2D eigenvalue weighted by Crippen LogP contribution is -2.20. The Kier molecular flexibility index (Phi) is 2.54. The van der Waals surface area contributed by atoms with Gasteiger partial charge in [-0.2, -0.15) is 13.2 Å². The Hall–Kier alpha value is -1.10. The van der Waals surface area contributed by atoms with Crippen molar-refractivity contribution in [1.82, 2.24) is 4.98 Å². The van der Waals surface area contributed by atoms with Gasteiger partial charge in [-0.25, -0.2) is 4.98 Å². The zero-order valence-corrected chi connectivity index (χ0v) is 7.76. The molecule has 0 aliphatic heterocycles. The summed E-state index contributed by atoms with van der Waals surface area (Å²) in [5.74, 6) is 0. The second-order valence-corrected chi connectivity index (χ2v) is 3.46. The zero-order valence-electron chi connectivity index (χ0n) is 7.76. The van der Waals surface area contributed by atoms with Gasteiger partial charge in [0, 0.05) is 0 Å². The molecule has 0 aliphatic carbocycles. The monoisotopic (exact) mass is 205 g/mol. The first-order valence-corrected chi connectivity index (χ1v) is 3.98. The van der Waals surface area contributed by atoms with Crippen molar-refractivity contribution in [3.63, 3.8) is 0 Å². The molecule has 1 aromatic heterocycles. The molecule has 1 N–H and O–H groups in total. The Morgan fingerprint density at radius 3 is 2.07 bits per heavy atom. The first kappa shape index (κ1) is 11.0. The average Bonchev–Trinajstić information content (AvgIpc) is 2.01. The highest BCUT2D eigenvalue weighted by Crippen LogP contribution is 2.29. The molecule has 1 heterocycles. The largest absolute Gasteiger partial charge is 0.433 e. The van der Waals surface area contributed by atoms with Crippen LogP contribution in [0.1, 0.15) is 25.2 Å². The van der Waals surface area contributed by atoms with Gasteiger partial charge in [-0.05, 0) is 26.0 Å². The average molecular weight is 205 g/mol. The van der Waals surface area contributed by atoms with Crippen molar-refractivity contribution < 1.29 is 18.3 Å². The summed E-state index contributed by atoms with van der Waals surface area (Å²) < 4.78 is 36.6. The number of rotatable bonds is 1. The van der Waals surface area contributed by atoms with Gasteiger partial charge in [0.05, 0.1) is 5.69 Å². The predicted octanol–water partition coefficient (Wildman–Crippen LogP) is 2.33. The van der Waals surface area contributed by atoms with Crippen LogP contribution in [-0.4, -0.2) is 10.1 Å². The number of aromatic nitrogens is 1. The van der Waals surface area contributed by atoms with Crippen molar-refractivity contribution in [2.75, 3.05) is 0 Å². The Morgan fingerprint density at radius 2 is 1.64 bits per heavy atom. The molecule has 0 amide bonds. The van der Waals surface area contributed by atoms with Gasteiger partial charge in [-0.1, -0.05) is 6.07 Å². The van der Waals surface area contributed by atoms with E-state index in [0.29, 0.717) is 0 Å². The number of nitrogens with zero attached hydrogens (tertiary/aromatic N) is 1. The fraction of sp³-hybridized carbons (Fsp3) is 0.444. The third kappa shape index (κ3) is 2.45. The fourth-order valence-electron chi connectivity index (χ4n) is 0.933. The van der Waals surface area contributed by atoms with E-state index < -0.39 is 17.5 Å². The molecule has 0 atom stereocenters. The summed E-state index contributed by atoms with van der Waals surface area (Å²) in [6.07, 6.45) is -4.47. The Morgan fingerprint density at radius 1 is 1.14 bits per heavy atom. The topological polar surface area (TPSA) is 33.1 Å². The van der Waals surface area contributed by atoms with Crippen molar-refractivity contribution >= 4 is 0 Å². The van der Waals surface area contributed by atoms with E-state index in [-0.39, 0.29) is 5.69 Å². The van der Waals surface area contributed by atoms with Gasteiger partial charge in [0.1, 0.15) is 11.3 Å². The second-order valence-electron chi connectivity index (χ2n) is 3.46. The van der Waals surface area contributed by atoms with Gasteiger partial charge in [-0.15, -0.1) is 0 Å². The lowest BCUT2D eigenvalue weighted by atomic mass is 10.0. The molecule has 0 bridgehead atoms. The van der Waals surface area contributed by atoms with Gasteiger partial charge in [0.2, 0.25) is 0 Å². The van der Waals surface area contributed by atoms with Gasteiger partial charge in [0.25, 0.3) is 0 Å². The van der Waals surface area contributed by atoms with Crippen LogP contribution < -0.4 is 0 Å². The van der Waals surface area contributed by atoms with Crippen LogP contribution in [0.15, 0.2) is 18.2 Å². The maximum absolute atomic E-state index is 12.2. The van der Waals surface area contributed by atoms with Crippen LogP contribution >= 0.6 is 0 Å². The van der Waals surface area contributed by atoms with Crippen molar-refractivity contribution in [3.05, 3.63) is 29.6 Å². The van der Waals surface area contributed by atoms with E-state index in [2.05, 4.69) is 4.98 Å². The van der Waals surface area contributed by atoms with Crippen LogP contribution in [0.2, 0.25) is 0 Å². The minimum atomic E-state index is -4.47. The summed E-state index contributed by atoms with van der Waals surface area (Å²) in [4.78, 5) is 3.34. The molecule has 78 valence electrons.